The molecule has 0 atom stereocenters. The Morgan fingerprint density at radius 2 is 2.15 bits per heavy atom. The van der Waals surface area contributed by atoms with Crippen LogP contribution in [0.3, 0.4) is 0 Å². The molecule has 7 heteroatoms. The molecule has 0 unspecified atom stereocenters. The maximum atomic E-state index is 13.4. The maximum absolute atomic E-state index is 13.4. The summed E-state index contributed by atoms with van der Waals surface area (Å²) in [5, 5.41) is 2.82. The molecule has 0 radical (unpaired) electrons. The average molecular weight is 295 g/mol. The zero-order valence-corrected chi connectivity index (χ0v) is 11.1. The van der Waals surface area contributed by atoms with Gasteiger partial charge in [0.2, 0.25) is 0 Å². The highest BCUT2D eigenvalue weighted by molar-refractivity contribution is 6.33. The molecule has 0 fully saturated rings. The van der Waals surface area contributed by atoms with E-state index in [4.69, 9.17) is 17.4 Å². The highest BCUT2D eigenvalue weighted by atomic mass is 35.5. The normalized spacial score (nSPS) is 10.2. The molecular formula is C13H12ClFN4O. The quantitative estimate of drug-likeness (QED) is 0.596. The minimum absolute atomic E-state index is 0.0833. The molecule has 1 aromatic heterocycles. The summed E-state index contributed by atoms with van der Waals surface area (Å²) in [6.07, 6.45) is 1.33. The molecule has 0 saturated carbocycles. The van der Waals surface area contributed by atoms with Crippen molar-refractivity contribution in [2.75, 3.05) is 5.43 Å². The lowest BCUT2D eigenvalue weighted by atomic mass is 10.2. The molecule has 0 aliphatic rings. The summed E-state index contributed by atoms with van der Waals surface area (Å²) in [5.74, 6) is 4.70. The summed E-state index contributed by atoms with van der Waals surface area (Å²) in [4.78, 5) is 15.8. The van der Waals surface area contributed by atoms with E-state index in [-0.39, 0.29) is 28.8 Å². The number of pyridine rings is 1. The predicted octanol–water partition coefficient (Wildman–Crippen LogP) is 2.09. The van der Waals surface area contributed by atoms with Gasteiger partial charge in [-0.25, -0.2) is 15.2 Å². The molecule has 1 heterocycles. The fourth-order valence-corrected chi connectivity index (χ4v) is 1.81. The molecular weight excluding hydrogens is 283 g/mol. The van der Waals surface area contributed by atoms with Crippen LogP contribution in [0.15, 0.2) is 36.5 Å². The van der Waals surface area contributed by atoms with Gasteiger partial charge >= 0.3 is 0 Å². The summed E-state index contributed by atoms with van der Waals surface area (Å²) in [6.45, 7) is 0.0833. The Bertz CT molecular complexity index is 636. The van der Waals surface area contributed by atoms with Crippen molar-refractivity contribution >= 4 is 23.3 Å². The molecule has 104 valence electrons. The van der Waals surface area contributed by atoms with Gasteiger partial charge in [-0.3, -0.25) is 4.79 Å². The number of rotatable bonds is 4. The Kier molecular flexibility index (Phi) is 4.49. The number of hydrogen-bond donors (Lipinski definition) is 3. The summed E-state index contributed by atoms with van der Waals surface area (Å²) in [6, 6.07) is 7.65. The number of hydrazine groups is 1. The smallest absolute Gasteiger partial charge is 0.253 e. The molecule has 0 saturated heterocycles. The van der Waals surface area contributed by atoms with Gasteiger partial charge in [-0.05, 0) is 12.1 Å². The van der Waals surface area contributed by atoms with Crippen LogP contribution in [0, 0.1) is 5.82 Å². The Morgan fingerprint density at radius 1 is 1.40 bits per heavy atom. The van der Waals surface area contributed by atoms with Gasteiger partial charge in [0, 0.05) is 18.3 Å². The van der Waals surface area contributed by atoms with Crippen molar-refractivity contribution in [2.24, 2.45) is 5.84 Å². The highest BCUT2D eigenvalue weighted by Gasteiger charge is 2.10. The van der Waals surface area contributed by atoms with Gasteiger partial charge in [0.25, 0.3) is 5.91 Å². The monoisotopic (exact) mass is 294 g/mol. The molecule has 4 N–H and O–H groups in total. The van der Waals surface area contributed by atoms with Crippen molar-refractivity contribution in [3.63, 3.8) is 0 Å². The molecule has 0 spiro atoms. The van der Waals surface area contributed by atoms with Gasteiger partial charge in [0.15, 0.2) is 5.82 Å². The third-order valence-corrected chi connectivity index (χ3v) is 2.93. The fraction of sp³-hybridized carbons (Fsp3) is 0.0769. The van der Waals surface area contributed by atoms with E-state index in [0.29, 0.717) is 5.56 Å². The second kappa shape index (κ2) is 6.31. The average Bonchev–Trinajstić information content (AvgIpc) is 2.46. The molecule has 20 heavy (non-hydrogen) atoms. The fourth-order valence-electron chi connectivity index (χ4n) is 1.59. The molecule has 5 nitrogen and oxygen atoms in total. The van der Waals surface area contributed by atoms with Crippen LogP contribution in [0.1, 0.15) is 15.9 Å². The van der Waals surface area contributed by atoms with E-state index in [1.807, 2.05) is 0 Å². The molecule has 0 aliphatic carbocycles. The van der Waals surface area contributed by atoms with E-state index in [1.54, 1.807) is 18.2 Å². The number of halogens is 2. The minimum Gasteiger partial charge on any atom is -0.348 e. The van der Waals surface area contributed by atoms with Crippen LogP contribution in [-0.2, 0) is 6.54 Å². The zero-order chi connectivity index (χ0) is 14.5. The van der Waals surface area contributed by atoms with Gasteiger partial charge in [-0.2, -0.15) is 0 Å². The number of benzene rings is 1. The summed E-state index contributed by atoms with van der Waals surface area (Å²) >= 11 is 5.87. The number of nitrogens with zero attached hydrogens (tertiary/aromatic N) is 1. The third-order valence-electron chi connectivity index (χ3n) is 2.64. The van der Waals surface area contributed by atoms with E-state index in [1.165, 1.54) is 18.3 Å². The number of nitrogens with one attached hydrogen (secondary N) is 2. The molecule has 1 amide bonds. The number of nitrogen functional groups attached to an aromatic ring is 1. The first kappa shape index (κ1) is 14.2. The Labute approximate surface area is 119 Å². The van der Waals surface area contributed by atoms with Crippen LogP contribution in [0.4, 0.5) is 10.2 Å². The first-order chi connectivity index (χ1) is 9.61. The Balaban J connectivity index is 2.05. The summed E-state index contributed by atoms with van der Waals surface area (Å²) in [7, 11) is 0. The number of nitrogens with two attached hydrogens (primary N) is 1. The van der Waals surface area contributed by atoms with Crippen molar-refractivity contribution in [1.82, 2.24) is 10.3 Å². The summed E-state index contributed by atoms with van der Waals surface area (Å²) in [5.41, 5.74) is 2.97. The number of hydrogen-bond acceptors (Lipinski definition) is 4. The number of carbonyl (C=O) groups excluding carboxylic acids is 1. The first-order valence-corrected chi connectivity index (χ1v) is 6.13. The third kappa shape index (κ3) is 3.23. The van der Waals surface area contributed by atoms with Crippen molar-refractivity contribution < 1.29 is 9.18 Å². The van der Waals surface area contributed by atoms with E-state index in [9.17, 15) is 9.18 Å². The number of anilines is 1. The lowest BCUT2D eigenvalue weighted by Gasteiger charge is -2.07. The molecule has 2 aromatic rings. The molecule has 2 rings (SSSR count). The number of aromatic nitrogens is 1. The summed E-state index contributed by atoms with van der Waals surface area (Å²) < 4.78 is 13.4. The van der Waals surface area contributed by atoms with Crippen LogP contribution >= 0.6 is 11.6 Å². The lowest BCUT2D eigenvalue weighted by molar-refractivity contribution is 0.0950. The first-order valence-electron chi connectivity index (χ1n) is 5.75. The van der Waals surface area contributed by atoms with E-state index < -0.39 is 5.91 Å². The van der Waals surface area contributed by atoms with Gasteiger partial charge in [-0.1, -0.05) is 29.8 Å². The molecule has 0 bridgehead atoms. The number of carbonyl (C=O) groups is 1. The largest absolute Gasteiger partial charge is 0.348 e. The van der Waals surface area contributed by atoms with E-state index in [2.05, 4.69) is 15.7 Å². The maximum Gasteiger partial charge on any atom is 0.253 e. The SMILES string of the molecule is NNc1ncc(C(=O)NCc2ccccc2F)cc1Cl. The second-order valence-corrected chi connectivity index (χ2v) is 4.38. The van der Waals surface area contributed by atoms with Gasteiger partial charge in [0.05, 0.1) is 10.6 Å². The minimum atomic E-state index is -0.397. The van der Waals surface area contributed by atoms with Crippen LogP contribution < -0.4 is 16.6 Å². The van der Waals surface area contributed by atoms with Crippen molar-refractivity contribution in [1.29, 1.82) is 0 Å². The van der Waals surface area contributed by atoms with Crippen molar-refractivity contribution in [3.8, 4) is 0 Å². The standard InChI is InChI=1S/C13H12ClFN4O/c14-10-5-9(7-17-12(10)19-16)13(20)18-6-8-3-1-2-4-11(8)15/h1-5,7H,6,16H2,(H,17,19)(H,18,20). The van der Waals surface area contributed by atoms with E-state index in [0.717, 1.165) is 0 Å². The van der Waals surface area contributed by atoms with Crippen LogP contribution in [0.5, 0.6) is 0 Å². The van der Waals surface area contributed by atoms with Gasteiger partial charge in [0.1, 0.15) is 5.82 Å². The second-order valence-electron chi connectivity index (χ2n) is 3.97. The predicted molar refractivity (Wildman–Crippen MR) is 74.6 cm³/mol. The molecule has 0 aliphatic heterocycles. The van der Waals surface area contributed by atoms with Gasteiger partial charge < -0.3 is 10.7 Å². The Morgan fingerprint density at radius 3 is 2.80 bits per heavy atom. The van der Waals surface area contributed by atoms with Crippen molar-refractivity contribution in [2.45, 2.75) is 6.54 Å². The number of amides is 1. The van der Waals surface area contributed by atoms with E-state index >= 15 is 0 Å². The van der Waals surface area contributed by atoms with Gasteiger partial charge in [-0.15, -0.1) is 0 Å². The Hall–Kier alpha value is -2.18. The highest BCUT2D eigenvalue weighted by Crippen LogP contribution is 2.18. The van der Waals surface area contributed by atoms with Crippen molar-refractivity contribution in [3.05, 3.63) is 58.5 Å². The molecule has 1 aromatic carbocycles. The topological polar surface area (TPSA) is 80.0 Å². The zero-order valence-electron chi connectivity index (χ0n) is 10.4. The van der Waals surface area contributed by atoms with Crippen LogP contribution in [0.2, 0.25) is 5.02 Å². The lowest BCUT2D eigenvalue weighted by Crippen LogP contribution is -2.23. The van der Waals surface area contributed by atoms with Crippen LogP contribution in [-0.4, -0.2) is 10.9 Å². The van der Waals surface area contributed by atoms with Crippen LogP contribution in [0.25, 0.3) is 0 Å².